The van der Waals surface area contributed by atoms with Gasteiger partial charge in [-0.05, 0) is 24.6 Å². The molecule has 0 aromatic heterocycles. The van der Waals surface area contributed by atoms with Gasteiger partial charge in [-0.2, -0.15) is 0 Å². The molecule has 0 atom stereocenters. The van der Waals surface area contributed by atoms with Crippen LogP contribution < -0.4 is 14.8 Å². The van der Waals surface area contributed by atoms with Gasteiger partial charge in [-0.25, -0.2) is 0 Å². The topological polar surface area (TPSA) is 30.5 Å². The molecule has 0 aliphatic rings. The standard InChI is InChI=1S/C17H21NO2/c1-2-19-16-9-6-10-17(13-16)20-12-11-18-14-15-7-4-3-5-8-15/h3-10,13,18H,2,11-12,14H2,1H3. The van der Waals surface area contributed by atoms with E-state index < -0.39 is 0 Å². The molecular weight excluding hydrogens is 250 g/mol. The van der Waals surface area contributed by atoms with Crippen LogP contribution in [0.2, 0.25) is 0 Å². The zero-order chi connectivity index (χ0) is 14.0. The summed E-state index contributed by atoms with van der Waals surface area (Å²) in [7, 11) is 0. The van der Waals surface area contributed by atoms with Crippen LogP contribution in [-0.2, 0) is 6.54 Å². The molecule has 3 nitrogen and oxygen atoms in total. The molecular formula is C17H21NO2. The van der Waals surface area contributed by atoms with Crippen LogP contribution in [0.25, 0.3) is 0 Å². The summed E-state index contributed by atoms with van der Waals surface area (Å²) >= 11 is 0. The van der Waals surface area contributed by atoms with Crippen molar-refractivity contribution in [1.82, 2.24) is 5.32 Å². The van der Waals surface area contributed by atoms with E-state index in [1.54, 1.807) is 0 Å². The zero-order valence-corrected chi connectivity index (χ0v) is 11.8. The van der Waals surface area contributed by atoms with Crippen LogP contribution in [-0.4, -0.2) is 19.8 Å². The maximum atomic E-state index is 5.69. The number of nitrogens with one attached hydrogen (secondary N) is 1. The molecule has 0 saturated heterocycles. The second kappa shape index (κ2) is 8.23. The highest BCUT2D eigenvalue weighted by Crippen LogP contribution is 2.19. The Labute approximate surface area is 120 Å². The van der Waals surface area contributed by atoms with Gasteiger partial charge < -0.3 is 14.8 Å². The van der Waals surface area contributed by atoms with E-state index in [9.17, 15) is 0 Å². The van der Waals surface area contributed by atoms with Crippen molar-refractivity contribution in [3.05, 3.63) is 60.2 Å². The highest BCUT2D eigenvalue weighted by molar-refractivity contribution is 5.32. The van der Waals surface area contributed by atoms with Crippen molar-refractivity contribution >= 4 is 0 Å². The first kappa shape index (κ1) is 14.4. The first-order valence-corrected chi connectivity index (χ1v) is 6.99. The first-order chi connectivity index (χ1) is 9.88. The fourth-order valence-electron chi connectivity index (χ4n) is 1.89. The molecule has 0 radical (unpaired) electrons. The molecule has 2 aromatic carbocycles. The molecule has 0 amide bonds. The predicted molar refractivity (Wildman–Crippen MR) is 81.3 cm³/mol. The van der Waals surface area contributed by atoms with Gasteiger partial charge in [0.05, 0.1) is 6.61 Å². The summed E-state index contributed by atoms with van der Waals surface area (Å²) in [5.41, 5.74) is 1.28. The summed E-state index contributed by atoms with van der Waals surface area (Å²) < 4.78 is 11.1. The first-order valence-electron chi connectivity index (χ1n) is 6.99. The molecule has 3 heteroatoms. The molecule has 0 aliphatic carbocycles. The summed E-state index contributed by atoms with van der Waals surface area (Å²) in [6.07, 6.45) is 0. The number of benzene rings is 2. The molecule has 0 bridgehead atoms. The number of hydrogen-bond acceptors (Lipinski definition) is 3. The van der Waals surface area contributed by atoms with E-state index in [0.29, 0.717) is 13.2 Å². The molecule has 0 fully saturated rings. The molecule has 0 aliphatic heterocycles. The van der Waals surface area contributed by atoms with Crippen LogP contribution in [0.4, 0.5) is 0 Å². The van der Waals surface area contributed by atoms with Gasteiger partial charge in [0.15, 0.2) is 0 Å². The van der Waals surface area contributed by atoms with Crippen molar-refractivity contribution in [2.75, 3.05) is 19.8 Å². The number of ether oxygens (including phenoxy) is 2. The van der Waals surface area contributed by atoms with Crippen LogP contribution in [0.3, 0.4) is 0 Å². The Morgan fingerprint density at radius 1 is 0.900 bits per heavy atom. The molecule has 1 N–H and O–H groups in total. The molecule has 106 valence electrons. The van der Waals surface area contributed by atoms with Crippen molar-refractivity contribution in [2.24, 2.45) is 0 Å². The minimum atomic E-state index is 0.641. The maximum absolute atomic E-state index is 5.69. The second-order valence-electron chi connectivity index (χ2n) is 4.42. The van der Waals surface area contributed by atoms with Crippen molar-refractivity contribution in [3.8, 4) is 11.5 Å². The van der Waals surface area contributed by atoms with E-state index in [1.807, 2.05) is 49.4 Å². The fourth-order valence-corrected chi connectivity index (χ4v) is 1.89. The van der Waals surface area contributed by atoms with Crippen LogP contribution >= 0.6 is 0 Å². The molecule has 20 heavy (non-hydrogen) atoms. The van der Waals surface area contributed by atoms with Crippen LogP contribution in [0.15, 0.2) is 54.6 Å². The average molecular weight is 271 g/mol. The van der Waals surface area contributed by atoms with Crippen molar-refractivity contribution < 1.29 is 9.47 Å². The lowest BCUT2D eigenvalue weighted by atomic mass is 10.2. The maximum Gasteiger partial charge on any atom is 0.123 e. The summed E-state index contributed by atoms with van der Waals surface area (Å²) in [5, 5.41) is 3.36. The van der Waals surface area contributed by atoms with Crippen molar-refractivity contribution in [1.29, 1.82) is 0 Å². The Bertz CT molecular complexity index is 499. The molecule has 0 unspecified atom stereocenters. The Morgan fingerprint density at radius 3 is 2.40 bits per heavy atom. The number of rotatable bonds is 8. The van der Waals surface area contributed by atoms with Gasteiger partial charge >= 0.3 is 0 Å². The molecule has 2 aromatic rings. The largest absolute Gasteiger partial charge is 0.494 e. The zero-order valence-electron chi connectivity index (χ0n) is 11.8. The SMILES string of the molecule is CCOc1cccc(OCCNCc2ccccc2)c1. The third kappa shape index (κ3) is 4.94. The molecule has 0 saturated carbocycles. The highest BCUT2D eigenvalue weighted by atomic mass is 16.5. The monoisotopic (exact) mass is 271 g/mol. The summed E-state index contributed by atoms with van der Waals surface area (Å²) in [4.78, 5) is 0. The Balaban J connectivity index is 1.67. The minimum Gasteiger partial charge on any atom is -0.494 e. The molecule has 0 heterocycles. The number of hydrogen-bond donors (Lipinski definition) is 1. The fraction of sp³-hybridized carbons (Fsp3) is 0.294. The summed E-state index contributed by atoms with van der Waals surface area (Å²) in [6, 6.07) is 18.1. The normalized spacial score (nSPS) is 10.2. The Morgan fingerprint density at radius 2 is 1.65 bits per heavy atom. The Hall–Kier alpha value is -2.00. The molecule has 2 rings (SSSR count). The summed E-state index contributed by atoms with van der Waals surface area (Å²) in [5.74, 6) is 1.69. The van der Waals surface area contributed by atoms with E-state index in [1.165, 1.54) is 5.56 Å². The van der Waals surface area contributed by atoms with Crippen molar-refractivity contribution in [3.63, 3.8) is 0 Å². The quantitative estimate of drug-likeness (QED) is 0.748. The minimum absolute atomic E-state index is 0.641. The average Bonchev–Trinajstić information content (AvgIpc) is 2.49. The van der Waals surface area contributed by atoms with Gasteiger partial charge in [0.25, 0.3) is 0 Å². The van der Waals surface area contributed by atoms with E-state index in [0.717, 1.165) is 24.6 Å². The van der Waals surface area contributed by atoms with Crippen LogP contribution in [0.5, 0.6) is 11.5 Å². The van der Waals surface area contributed by atoms with Gasteiger partial charge in [0, 0.05) is 19.2 Å². The smallest absolute Gasteiger partial charge is 0.123 e. The van der Waals surface area contributed by atoms with Gasteiger partial charge in [-0.3, -0.25) is 0 Å². The van der Waals surface area contributed by atoms with E-state index in [2.05, 4.69) is 17.4 Å². The predicted octanol–water partition coefficient (Wildman–Crippen LogP) is 3.25. The van der Waals surface area contributed by atoms with E-state index in [4.69, 9.17) is 9.47 Å². The molecule has 0 spiro atoms. The van der Waals surface area contributed by atoms with Gasteiger partial charge in [-0.1, -0.05) is 36.4 Å². The third-order valence-electron chi connectivity index (χ3n) is 2.84. The highest BCUT2D eigenvalue weighted by Gasteiger charge is 1.97. The van der Waals surface area contributed by atoms with E-state index >= 15 is 0 Å². The second-order valence-corrected chi connectivity index (χ2v) is 4.42. The Kier molecular flexibility index (Phi) is 5.93. The summed E-state index contributed by atoms with van der Waals surface area (Å²) in [6.45, 7) is 4.96. The lowest BCUT2D eigenvalue weighted by Crippen LogP contribution is -2.20. The lowest BCUT2D eigenvalue weighted by Gasteiger charge is -2.09. The van der Waals surface area contributed by atoms with Crippen molar-refractivity contribution in [2.45, 2.75) is 13.5 Å². The van der Waals surface area contributed by atoms with Crippen LogP contribution in [0.1, 0.15) is 12.5 Å². The van der Waals surface area contributed by atoms with Crippen LogP contribution in [0, 0.1) is 0 Å². The van der Waals surface area contributed by atoms with Gasteiger partial charge in [-0.15, -0.1) is 0 Å². The van der Waals surface area contributed by atoms with Gasteiger partial charge in [0.2, 0.25) is 0 Å². The lowest BCUT2D eigenvalue weighted by molar-refractivity contribution is 0.306. The third-order valence-corrected chi connectivity index (χ3v) is 2.84. The van der Waals surface area contributed by atoms with Gasteiger partial charge in [0.1, 0.15) is 18.1 Å². The van der Waals surface area contributed by atoms with E-state index in [-0.39, 0.29) is 0 Å².